The highest BCUT2D eigenvalue weighted by Gasteiger charge is 2.37. The molecule has 0 bridgehead atoms. The van der Waals surface area contributed by atoms with Gasteiger partial charge in [0.25, 0.3) is 0 Å². The number of aromatic nitrogens is 1. The molecule has 0 fully saturated rings. The Morgan fingerprint density at radius 3 is 2.50 bits per heavy atom. The molecule has 1 aromatic heterocycles. The van der Waals surface area contributed by atoms with E-state index in [9.17, 15) is 4.79 Å². The number of aryl methyl sites for hydroxylation is 1. The van der Waals surface area contributed by atoms with Gasteiger partial charge in [0.15, 0.2) is 19.2 Å². The lowest BCUT2D eigenvalue weighted by Crippen LogP contribution is -2.40. The molecule has 0 saturated carbocycles. The standard InChI is InChI=1S/C14H25NO3SSi/c1-10-12(8-17-20(6,7)14(3,4)5)18-13(15-10)9-19-11(2)16/h8-9H2,1-7H3. The molecule has 114 valence electrons. The number of thioether (sulfide) groups is 1. The predicted molar refractivity (Wildman–Crippen MR) is 85.2 cm³/mol. The van der Waals surface area contributed by atoms with Crippen molar-refractivity contribution < 1.29 is 13.6 Å². The maximum atomic E-state index is 11.0. The third kappa shape index (κ3) is 4.75. The third-order valence-electron chi connectivity index (χ3n) is 3.71. The van der Waals surface area contributed by atoms with E-state index in [0.717, 1.165) is 11.5 Å². The van der Waals surface area contributed by atoms with Gasteiger partial charge in [-0.3, -0.25) is 4.79 Å². The van der Waals surface area contributed by atoms with Gasteiger partial charge in [-0.05, 0) is 25.1 Å². The fourth-order valence-corrected chi connectivity index (χ4v) is 2.68. The van der Waals surface area contributed by atoms with Crippen LogP contribution in [0.1, 0.15) is 45.0 Å². The van der Waals surface area contributed by atoms with Crippen molar-refractivity contribution in [3.63, 3.8) is 0 Å². The Morgan fingerprint density at radius 2 is 2.00 bits per heavy atom. The average molecular weight is 316 g/mol. The van der Waals surface area contributed by atoms with Gasteiger partial charge in [0, 0.05) is 6.92 Å². The first kappa shape index (κ1) is 17.5. The maximum Gasteiger partial charge on any atom is 0.205 e. The minimum absolute atomic E-state index is 0.0694. The SMILES string of the molecule is CC(=O)SCc1nc(C)c(CO[Si](C)(C)C(C)(C)C)o1. The van der Waals surface area contributed by atoms with E-state index in [4.69, 9.17) is 8.84 Å². The molecule has 0 aliphatic heterocycles. The van der Waals surface area contributed by atoms with Gasteiger partial charge in [0.05, 0.1) is 18.1 Å². The summed E-state index contributed by atoms with van der Waals surface area (Å²) >= 11 is 1.21. The Morgan fingerprint density at radius 1 is 1.40 bits per heavy atom. The van der Waals surface area contributed by atoms with Crippen LogP contribution in [0, 0.1) is 6.92 Å². The topological polar surface area (TPSA) is 52.3 Å². The molecule has 6 heteroatoms. The summed E-state index contributed by atoms with van der Waals surface area (Å²) in [7, 11) is -1.78. The quantitative estimate of drug-likeness (QED) is 0.759. The molecule has 20 heavy (non-hydrogen) atoms. The second-order valence-corrected chi connectivity index (χ2v) is 12.4. The molecule has 1 heterocycles. The molecule has 0 amide bonds. The maximum absolute atomic E-state index is 11.0. The van der Waals surface area contributed by atoms with Crippen LogP contribution in [0.3, 0.4) is 0 Å². The number of oxazole rings is 1. The highest BCUT2D eigenvalue weighted by molar-refractivity contribution is 8.12. The minimum atomic E-state index is -1.78. The van der Waals surface area contributed by atoms with Gasteiger partial charge in [-0.2, -0.15) is 0 Å². The van der Waals surface area contributed by atoms with E-state index in [1.54, 1.807) is 6.92 Å². The number of carbonyl (C=O) groups is 1. The molecule has 0 aromatic carbocycles. The zero-order valence-electron chi connectivity index (χ0n) is 13.5. The fraction of sp³-hybridized carbons (Fsp3) is 0.714. The van der Waals surface area contributed by atoms with Crippen molar-refractivity contribution in [1.82, 2.24) is 4.98 Å². The van der Waals surface area contributed by atoms with E-state index in [1.165, 1.54) is 11.8 Å². The smallest absolute Gasteiger partial charge is 0.205 e. The van der Waals surface area contributed by atoms with Gasteiger partial charge >= 0.3 is 0 Å². The summed E-state index contributed by atoms with van der Waals surface area (Å²) in [5.74, 6) is 1.85. The van der Waals surface area contributed by atoms with Crippen molar-refractivity contribution >= 4 is 25.2 Å². The summed E-state index contributed by atoms with van der Waals surface area (Å²) in [6, 6.07) is 0. The minimum Gasteiger partial charge on any atom is -0.442 e. The summed E-state index contributed by atoms with van der Waals surface area (Å²) in [4.78, 5) is 15.3. The van der Waals surface area contributed by atoms with Crippen molar-refractivity contribution in [2.24, 2.45) is 0 Å². The predicted octanol–water partition coefficient (Wildman–Crippen LogP) is 4.28. The average Bonchev–Trinajstić information content (AvgIpc) is 2.63. The van der Waals surface area contributed by atoms with E-state index in [1.807, 2.05) is 6.92 Å². The van der Waals surface area contributed by atoms with Crippen molar-refractivity contribution in [3.8, 4) is 0 Å². The zero-order valence-corrected chi connectivity index (χ0v) is 15.3. The van der Waals surface area contributed by atoms with Crippen molar-refractivity contribution in [3.05, 3.63) is 17.3 Å². The second-order valence-electron chi connectivity index (χ2n) is 6.45. The van der Waals surface area contributed by atoms with Crippen molar-refractivity contribution in [1.29, 1.82) is 0 Å². The van der Waals surface area contributed by atoms with Crippen LogP contribution in [0.2, 0.25) is 18.1 Å². The molecular formula is C14H25NO3SSi. The first-order chi connectivity index (χ1) is 9.03. The first-order valence-electron chi connectivity index (χ1n) is 6.75. The van der Waals surface area contributed by atoms with Crippen LogP contribution < -0.4 is 0 Å². The van der Waals surface area contributed by atoms with E-state index < -0.39 is 8.32 Å². The molecule has 0 spiro atoms. The molecule has 0 saturated heterocycles. The molecule has 1 rings (SSSR count). The normalized spacial score (nSPS) is 12.8. The van der Waals surface area contributed by atoms with Crippen LogP contribution >= 0.6 is 11.8 Å². The van der Waals surface area contributed by atoms with E-state index in [2.05, 4.69) is 38.8 Å². The Bertz CT molecular complexity index is 477. The Hall–Kier alpha value is -0.593. The van der Waals surface area contributed by atoms with Crippen molar-refractivity contribution in [2.45, 2.75) is 65.1 Å². The molecule has 0 radical (unpaired) electrons. The van der Waals surface area contributed by atoms with Gasteiger partial charge in [0.2, 0.25) is 5.89 Å². The Kier molecular flexibility index (Phi) is 5.63. The van der Waals surface area contributed by atoms with E-state index in [0.29, 0.717) is 18.3 Å². The molecule has 4 nitrogen and oxygen atoms in total. The number of carbonyl (C=O) groups excluding carboxylic acids is 1. The van der Waals surface area contributed by atoms with Gasteiger partial charge in [-0.25, -0.2) is 4.98 Å². The van der Waals surface area contributed by atoms with Crippen LogP contribution in [-0.4, -0.2) is 18.4 Å². The Labute approximate surface area is 126 Å². The lowest BCUT2D eigenvalue weighted by molar-refractivity contribution is -0.109. The van der Waals surface area contributed by atoms with Crippen LogP contribution in [0.5, 0.6) is 0 Å². The Balaban J connectivity index is 2.67. The summed E-state index contributed by atoms with van der Waals surface area (Å²) in [6.45, 7) is 15.0. The van der Waals surface area contributed by atoms with Crippen LogP contribution in [0.15, 0.2) is 4.42 Å². The van der Waals surface area contributed by atoms with Crippen molar-refractivity contribution in [2.75, 3.05) is 0 Å². The van der Waals surface area contributed by atoms with Crippen LogP contribution in [-0.2, 0) is 21.6 Å². The summed E-state index contributed by atoms with van der Waals surface area (Å²) in [5.41, 5.74) is 0.850. The fourth-order valence-electron chi connectivity index (χ4n) is 1.31. The van der Waals surface area contributed by atoms with E-state index >= 15 is 0 Å². The highest BCUT2D eigenvalue weighted by atomic mass is 32.2. The highest BCUT2D eigenvalue weighted by Crippen LogP contribution is 2.37. The molecule has 0 atom stereocenters. The molecular weight excluding hydrogens is 290 g/mol. The molecule has 0 N–H and O–H groups in total. The number of rotatable bonds is 5. The lowest BCUT2D eigenvalue weighted by atomic mass is 10.2. The molecule has 0 aliphatic rings. The third-order valence-corrected chi connectivity index (χ3v) is 8.98. The van der Waals surface area contributed by atoms with Gasteiger partial charge in [0.1, 0.15) is 0 Å². The zero-order chi connectivity index (χ0) is 15.6. The number of hydrogen-bond acceptors (Lipinski definition) is 5. The van der Waals surface area contributed by atoms with Gasteiger partial charge in [-0.15, -0.1) is 0 Å². The molecule has 0 aliphatic carbocycles. The molecule has 1 aromatic rings. The van der Waals surface area contributed by atoms with Crippen LogP contribution in [0.25, 0.3) is 0 Å². The number of nitrogens with zero attached hydrogens (tertiary/aromatic N) is 1. The number of hydrogen-bond donors (Lipinski definition) is 0. The monoisotopic (exact) mass is 315 g/mol. The van der Waals surface area contributed by atoms with Crippen LogP contribution in [0.4, 0.5) is 0 Å². The lowest BCUT2D eigenvalue weighted by Gasteiger charge is -2.35. The largest absolute Gasteiger partial charge is 0.442 e. The summed E-state index contributed by atoms with van der Waals surface area (Å²) in [5, 5.41) is 0.244. The second kappa shape index (κ2) is 6.45. The summed E-state index contributed by atoms with van der Waals surface area (Å²) < 4.78 is 11.8. The van der Waals surface area contributed by atoms with Gasteiger partial charge < -0.3 is 8.84 Å². The molecule has 0 unspecified atom stereocenters. The van der Waals surface area contributed by atoms with Gasteiger partial charge in [-0.1, -0.05) is 32.5 Å². The summed E-state index contributed by atoms with van der Waals surface area (Å²) in [6.07, 6.45) is 0. The van der Waals surface area contributed by atoms with E-state index in [-0.39, 0.29) is 10.2 Å². The first-order valence-corrected chi connectivity index (χ1v) is 10.6.